The van der Waals surface area contributed by atoms with Crippen molar-refractivity contribution in [2.75, 3.05) is 25.1 Å². The van der Waals surface area contributed by atoms with E-state index < -0.39 is 5.67 Å². The van der Waals surface area contributed by atoms with Crippen LogP contribution in [-0.4, -0.2) is 41.4 Å². The van der Waals surface area contributed by atoms with E-state index >= 15 is 4.39 Å². The van der Waals surface area contributed by atoms with Gasteiger partial charge in [-0.05, 0) is 92.5 Å². The molecule has 3 fully saturated rings. The summed E-state index contributed by atoms with van der Waals surface area (Å²) in [6.07, 6.45) is 5.93. The van der Waals surface area contributed by atoms with E-state index in [1.165, 1.54) is 5.56 Å². The minimum atomic E-state index is -1.46. The van der Waals surface area contributed by atoms with E-state index in [-0.39, 0.29) is 17.8 Å². The van der Waals surface area contributed by atoms with Crippen LogP contribution in [0.3, 0.4) is 0 Å². The zero-order valence-corrected chi connectivity index (χ0v) is 21.5. The van der Waals surface area contributed by atoms with Crippen molar-refractivity contribution < 1.29 is 14.2 Å². The Bertz CT molecular complexity index is 1270. The van der Waals surface area contributed by atoms with Crippen molar-refractivity contribution in [2.45, 2.75) is 75.0 Å². The Morgan fingerprint density at radius 3 is 2.50 bits per heavy atom. The number of hydrogen-bond acceptors (Lipinski definition) is 5. The lowest BCUT2D eigenvalue weighted by atomic mass is 9.81. The van der Waals surface area contributed by atoms with Gasteiger partial charge in [-0.25, -0.2) is 14.4 Å². The van der Waals surface area contributed by atoms with Crippen LogP contribution in [0.15, 0.2) is 36.4 Å². The first-order chi connectivity index (χ1) is 17.4. The molecule has 3 aliphatic rings. The topological polar surface area (TPSA) is 58.5 Å². The second-order valence-corrected chi connectivity index (χ2v) is 11.2. The number of nitrogens with zero attached hydrogens (tertiary/aromatic N) is 3. The fraction of sp³-hybridized carbons (Fsp3) is 0.517. The highest BCUT2D eigenvalue weighted by Crippen LogP contribution is 2.46. The molecule has 1 saturated heterocycles. The normalized spacial score (nSPS) is 24.2. The zero-order valence-electron chi connectivity index (χ0n) is 20.7. The monoisotopic (exact) mass is 509 g/mol. The SMILES string of the molecule is COc1ccccc1C1CCN(c2nc(C3(F)CCC3)nc3c(Cl)cc(C4CCC(O)C4)cc23)CC1. The molecule has 190 valence electrons. The third-order valence-electron chi connectivity index (χ3n) is 8.55. The molecule has 36 heavy (non-hydrogen) atoms. The molecule has 2 unspecified atom stereocenters. The van der Waals surface area contributed by atoms with Crippen molar-refractivity contribution in [1.82, 2.24) is 9.97 Å². The van der Waals surface area contributed by atoms with Gasteiger partial charge in [-0.15, -0.1) is 0 Å². The molecule has 3 aromatic rings. The smallest absolute Gasteiger partial charge is 0.170 e. The van der Waals surface area contributed by atoms with E-state index in [1.54, 1.807) is 7.11 Å². The van der Waals surface area contributed by atoms with Gasteiger partial charge in [-0.2, -0.15) is 0 Å². The molecule has 0 bridgehead atoms. The molecule has 2 saturated carbocycles. The number of aliphatic hydroxyl groups is 1. The Balaban J connectivity index is 1.37. The van der Waals surface area contributed by atoms with Gasteiger partial charge in [-0.1, -0.05) is 29.8 Å². The van der Waals surface area contributed by atoms with E-state index in [9.17, 15) is 5.11 Å². The number of benzene rings is 2. The summed E-state index contributed by atoms with van der Waals surface area (Å²) in [6, 6.07) is 12.4. The van der Waals surface area contributed by atoms with Crippen molar-refractivity contribution in [3.8, 4) is 5.75 Å². The fourth-order valence-corrected chi connectivity index (χ4v) is 6.52. The molecule has 1 aromatic heterocycles. The molecule has 2 aliphatic carbocycles. The molecule has 5 nitrogen and oxygen atoms in total. The largest absolute Gasteiger partial charge is 0.496 e. The van der Waals surface area contributed by atoms with Crippen LogP contribution >= 0.6 is 11.6 Å². The molecule has 6 rings (SSSR count). The summed E-state index contributed by atoms with van der Waals surface area (Å²) in [6.45, 7) is 1.63. The lowest BCUT2D eigenvalue weighted by Gasteiger charge is -2.36. The molecule has 0 amide bonds. The van der Waals surface area contributed by atoms with Gasteiger partial charge in [0.05, 0.1) is 23.8 Å². The number of ether oxygens (including phenoxy) is 1. The van der Waals surface area contributed by atoms with Gasteiger partial charge in [0, 0.05) is 18.5 Å². The van der Waals surface area contributed by atoms with Gasteiger partial charge >= 0.3 is 0 Å². The Morgan fingerprint density at radius 1 is 1.06 bits per heavy atom. The first-order valence-electron chi connectivity index (χ1n) is 13.2. The van der Waals surface area contributed by atoms with Crippen molar-refractivity contribution >= 4 is 28.3 Å². The maximum Gasteiger partial charge on any atom is 0.170 e. The quantitative estimate of drug-likeness (QED) is 0.417. The minimum Gasteiger partial charge on any atom is -0.496 e. The summed E-state index contributed by atoms with van der Waals surface area (Å²) in [4.78, 5) is 11.8. The summed E-state index contributed by atoms with van der Waals surface area (Å²) in [5, 5.41) is 11.5. The van der Waals surface area contributed by atoms with Gasteiger partial charge in [-0.3, -0.25) is 0 Å². The van der Waals surface area contributed by atoms with Crippen LogP contribution in [0.4, 0.5) is 10.2 Å². The number of para-hydroxylation sites is 1. The Morgan fingerprint density at radius 2 is 1.83 bits per heavy atom. The zero-order chi connectivity index (χ0) is 24.9. The van der Waals surface area contributed by atoms with Gasteiger partial charge in [0.15, 0.2) is 11.5 Å². The van der Waals surface area contributed by atoms with Gasteiger partial charge in [0.2, 0.25) is 0 Å². The van der Waals surface area contributed by atoms with Gasteiger partial charge < -0.3 is 14.7 Å². The Hall–Kier alpha value is -2.44. The first kappa shape index (κ1) is 23.9. The highest BCUT2D eigenvalue weighted by Gasteiger charge is 2.43. The Labute approximate surface area is 216 Å². The summed E-state index contributed by atoms with van der Waals surface area (Å²) < 4.78 is 21.2. The number of halogens is 2. The third kappa shape index (κ3) is 4.22. The fourth-order valence-electron chi connectivity index (χ4n) is 6.25. The van der Waals surface area contributed by atoms with Crippen LogP contribution < -0.4 is 9.64 Å². The van der Waals surface area contributed by atoms with Crippen molar-refractivity contribution in [1.29, 1.82) is 0 Å². The van der Waals surface area contributed by atoms with E-state index in [1.807, 2.05) is 18.2 Å². The number of aliphatic hydroxyl groups excluding tert-OH is 1. The summed E-state index contributed by atoms with van der Waals surface area (Å²) >= 11 is 6.80. The molecule has 2 heterocycles. The summed E-state index contributed by atoms with van der Waals surface area (Å²) in [5.41, 5.74) is 1.53. The van der Waals surface area contributed by atoms with E-state index in [0.29, 0.717) is 29.3 Å². The van der Waals surface area contributed by atoms with Crippen LogP contribution in [0.5, 0.6) is 5.75 Å². The molecule has 1 aliphatic heterocycles. The van der Waals surface area contributed by atoms with Crippen LogP contribution in [0, 0.1) is 0 Å². The molecule has 7 heteroatoms. The molecule has 2 aromatic carbocycles. The molecule has 0 spiro atoms. The number of fused-ring (bicyclic) bond motifs is 1. The maximum atomic E-state index is 15.6. The first-order valence-corrected chi connectivity index (χ1v) is 13.6. The van der Waals surface area contributed by atoms with Crippen LogP contribution in [0.2, 0.25) is 5.02 Å². The van der Waals surface area contributed by atoms with E-state index in [2.05, 4.69) is 28.1 Å². The van der Waals surface area contributed by atoms with Crippen molar-refractivity contribution in [2.24, 2.45) is 0 Å². The number of hydrogen-bond donors (Lipinski definition) is 1. The van der Waals surface area contributed by atoms with Crippen LogP contribution in [0.1, 0.15) is 80.2 Å². The summed E-state index contributed by atoms with van der Waals surface area (Å²) in [5.74, 6) is 2.67. The maximum absolute atomic E-state index is 15.6. The average Bonchev–Trinajstić information content (AvgIpc) is 3.33. The lowest BCUT2D eigenvalue weighted by molar-refractivity contribution is 0.0512. The van der Waals surface area contributed by atoms with E-state index in [4.69, 9.17) is 21.3 Å². The van der Waals surface area contributed by atoms with Crippen LogP contribution in [-0.2, 0) is 5.67 Å². The van der Waals surface area contributed by atoms with E-state index in [0.717, 1.165) is 74.1 Å². The molecule has 0 radical (unpaired) electrons. The molecule has 2 atom stereocenters. The molecular weight excluding hydrogens is 477 g/mol. The number of rotatable bonds is 5. The Kier molecular flexibility index (Phi) is 6.29. The number of aromatic nitrogens is 2. The number of alkyl halides is 1. The second-order valence-electron chi connectivity index (χ2n) is 10.8. The molecular formula is C29H33ClFN3O2. The summed E-state index contributed by atoms with van der Waals surface area (Å²) in [7, 11) is 1.72. The predicted octanol–water partition coefficient (Wildman–Crippen LogP) is 6.65. The third-order valence-corrected chi connectivity index (χ3v) is 8.84. The number of methoxy groups -OCH3 is 1. The van der Waals surface area contributed by atoms with Gasteiger partial charge in [0.25, 0.3) is 0 Å². The van der Waals surface area contributed by atoms with Gasteiger partial charge in [0.1, 0.15) is 11.6 Å². The highest BCUT2D eigenvalue weighted by atomic mass is 35.5. The van der Waals surface area contributed by atoms with Crippen molar-refractivity contribution in [3.05, 3.63) is 58.4 Å². The lowest BCUT2D eigenvalue weighted by Crippen LogP contribution is -2.36. The highest BCUT2D eigenvalue weighted by molar-refractivity contribution is 6.35. The number of anilines is 1. The average molecular weight is 510 g/mol. The van der Waals surface area contributed by atoms with Crippen LogP contribution in [0.25, 0.3) is 10.9 Å². The second kappa shape index (κ2) is 9.46. The predicted molar refractivity (Wildman–Crippen MR) is 141 cm³/mol. The minimum absolute atomic E-state index is 0.262. The number of piperidine rings is 1. The van der Waals surface area contributed by atoms with Crippen molar-refractivity contribution in [3.63, 3.8) is 0 Å². The standard InChI is InChI=1S/C29H33ClFN3O2/c1-36-25-6-3-2-5-22(25)18-9-13-34(14-10-18)27-23-16-20(19-7-8-21(35)15-19)17-24(30)26(23)32-28(33-27)29(31)11-4-12-29/h2-3,5-6,16-19,21,35H,4,7-15H2,1H3. The molecule has 1 N–H and O–H groups in total.